The van der Waals surface area contributed by atoms with E-state index in [1.165, 1.54) is 0 Å². The first-order chi connectivity index (χ1) is 11.2. The maximum atomic E-state index is 13.0. The molecule has 3 aliphatic rings. The quantitative estimate of drug-likeness (QED) is 0.767. The highest BCUT2D eigenvalue weighted by molar-refractivity contribution is 5.80. The van der Waals surface area contributed by atoms with E-state index >= 15 is 0 Å². The molecular formula is C15H19FN4O3. The molecule has 0 aromatic carbocycles. The number of ether oxygens (including phenoxy) is 2. The van der Waals surface area contributed by atoms with Crippen LogP contribution in [0.5, 0.6) is 0 Å². The van der Waals surface area contributed by atoms with Gasteiger partial charge in [-0.15, -0.1) is 0 Å². The van der Waals surface area contributed by atoms with Crippen molar-refractivity contribution in [1.82, 2.24) is 14.9 Å². The SMILES string of the molecule is O=C([C@H]1C[C@H]2CN(c3ncc(F)cn3)C[C@H]1O2)N1CCOCC1. The average molecular weight is 322 g/mol. The minimum atomic E-state index is -0.453. The first kappa shape index (κ1) is 14.8. The molecule has 1 aromatic heterocycles. The molecule has 2 bridgehead atoms. The molecule has 1 aromatic rings. The van der Waals surface area contributed by atoms with E-state index in [2.05, 4.69) is 9.97 Å². The lowest BCUT2D eigenvalue weighted by Crippen LogP contribution is -2.48. The van der Waals surface area contributed by atoms with Crippen LogP contribution < -0.4 is 4.90 Å². The highest BCUT2D eigenvalue weighted by Crippen LogP contribution is 2.34. The predicted octanol–water partition coefficient (Wildman–Crippen LogP) is 0.0682. The molecule has 0 unspecified atom stereocenters. The maximum Gasteiger partial charge on any atom is 0.228 e. The second-order valence-electron chi connectivity index (χ2n) is 6.18. The van der Waals surface area contributed by atoms with Crippen molar-refractivity contribution in [2.45, 2.75) is 18.6 Å². The van der Waals surface area contributed by atoms with Gasteiger partial charge < -0.3 is 19.3 Å². The van der Waals surface area contributed by atoms with E-state index in [4.69, 9.17) is 9.47 Å². The summed E-state index contributed by atoms with van der Waals surface area (Å²) >= 11 is 0. The Morgan fingerprint density at radius 1 is 1.22 bits per heavy atom. The zero-order valence-electron chi connectivity index (χ0n) is 12.7. The molecule has 0 aliphatic carbocycles. The number of rotatable bonds is 2. The van der Waals surface area contributed by atoms with Gasteiger partial charge in [0.1, 0.15) is 0 Å². The number of halogens is 1. The zero-order valence-corrected chi connectivity index (χ0v) is 12.7. The summed E-state index contributed by atoms with van der Waals surface area (Å²) in [6, 6.07) is 0. The molecule has 0 saturated carbocycles. The Labute approximate surface area is 133 Å². The molecule has 23 heavy (non-hydrogen) atoms. The van der Waals surface area contributed by atoms with Gasteiger partial charge in [0.15, 0.2) is 5.82 Å². The standard InChI is InChI=1S/C15H19FN4O3/c16-10-6-17-15(18-7-10)20-8-11-5-12(13(9-20)23-11)14(21)19-1-3-22-4-2-19/h6-7,11-13H,1-5,8-9H2/t11-,12-,13+/m0/s1. The van der Waals surface area contributed by atoms with E-state index in [-0.39, 0.29) is 24.0 Å². The van der Waals surface area contributed by atoms with Crippen LogP contribution in [-0.4, -0.2) is 72.4 Å². The van der Waals surface area contributed by atoms with Gasteiger partial charge in [-0.3, -0.25) is 4.79 Å². The lowest BCUT2D eigenvalue weighted by atomic mass is 9.98. The Kier molecular flexibility index (Phi) is 3.86. The van der Waals surface area contributed by atoms with E-state index in [1.54, 1.807) is 0 Å². The lowest BCUT2D eigenvalue weighted by molar-refractivity contribution is -0.141. The molecule has 3 saturated heterocycles. The Morgan fingerprint density at radius 3 is 2.70 bits per heavy atom. The summed E-state index contributed by atoms with van der Waals surface area (Å²) in [4.78, 5) is 24.6. The normalized spacial score (nSPS) is 30.6. The molecule has 3 aliphatic heterocycles. The number of nitrogens with zero attached hydrogens (tertiary/aromatic N) is 4. The third kappa shape index (κ3) is 2.88. The van der Waals surface area contributed by atoms with E-state index < -0.39 is 5.82 Å². The third-order valence-electron chi connectivity index (χ3n) is 4.69. The number of hydrogen-bond acceptors (Lipinski definition) is 6. The maximum absolute atomic E-state index is 13.0. The van der Waals surface area contributed by atoms with Gasteiger partial charge in [0, 0.05) is 26.2 Å². The van der Waals surface area contributed by atoms with E-state index in [0.29, 0.717) is 45.3 Å². The fourth-order valence-corrected chi connectivity index (χ4v) is 3.57. The average Bonchev–Trinajstić information content (AvgIpc) is 2.89. The fraction of sp³-hybridized carbons (Fsp3) is 0.667. The molecule has 124 valence electrons. The lowest BCUT2D eigenvalue weighted by Gasteiger charge is -2.34. The fourth-order valence-electron chi connectivity index (χ4n) is 3.57. The van der Waals surface area contributed by atoms with Crippen molar-refractivity contribution in [2.75, 3.05) is 44.3 Å². The first-order valence-electron chi connectivity index (χ1n) is 7.95. The molecule has 0 N–H and O–H groups in total. The van der Waals surface area contributed by atoms with E-state index in [1.807, 2.05) is 9.80 Å². The van der Waals surface area contributed by atoms with Crippen LogP contribution in [0.4, 0.5) is 10.3 Å². The monoisotopic (exact) mass is 322 g/mol. The van der Waals surface area contributed by atoms with Gasteiger partial charge in [-0.25, -0.2) is 14.4 Å². The summed E-state index contributed by atoms with van der Waals surface area (Å²) in [5.41, 5.74) is 0. The van der Waals surface area contributed by atoms with Crippen LogP contribution >= 0.6 is 0 Å². The molecule has 1 amide bonds. The van der Waals surface area contributed by atoms with Crippen molar-refractivity contribution in [1.29, 1.82) is 0 Å². The van der Waals surface area contributed by atoms with Crippen LogP contribution in [0, 0.1) is 11.7 Å². The van der Waals surface area contributed by atoms with E-state index in [9.17, 15) is 9.18 Å². The highest BCUT2D eigenvalue weighted by atomic mass is 19.1. The zero-order chi connectivity index (χ0) is 15.8. The second-order valence-corrected chi connectivity index (χ2v) is 6.18. The predicted molar refractivity (Wildman–Crippen MR) is 78.4 cm³/mol. The van der Waals surface area contributed by atoms with Crippen molar-refractivity contribution >= 4 is 11.9 Å². The van der Waals surface area contributed by atoms with Gasteiger partial charge in [0.25, 0.3) is 0 Å². The largest absolute Gasteiger partial charge is 0.378 e. The first-order valence-corrected chi connectivity index (χ1v) is 7.95. The van der Waals surface area contributed by atoms with Crippen LogP contribution in [0.15, 0.2) is 12.4 Å². The smallest absolute Gasteiger partial charge is 0.228 e. The summed E-state index contributed by atoms with van der Waals surface area (Å²) in [6.07, 6.45) is 2.89. The van der Waals surface area contributed by atoms with Crippen molar-refractivity contribution in [2.24, 2.45) is 5.92 Å². The minimum absolute atomic E-state index is 0.00241. The molecule has 4 heterocycles. The van der Waals surface area contributed by atoms with Crippen molar-refractivity contribution in [3.05, 3.63) is 18.2 Å². The van der Waals surface area contributed by atoms with Crippen LogP contribution in [0.3, 0.4) is 0 Å². The van der Waals surface area contributed by atoms with Crippen LogP contribution in [0.1, 0.15) is 6.42 Å². The van der Waals surface area contributed by atoms with Crippen molar-refractivity contribution < 1.29 is 18.7 Å². The van der Waals surface area contributed by atoms with Crippen LogP contribution in [-0.2, 0) is 14.3 Å². The number of morpholine rings is 2. The summed E-state index contributed by atoms with van der Waals surface area (Å²) in [5.74, 6) is 0.0701. The number of anilines is 1. The summed E-state index contributed by atoms with van der Waals surface area (Å²) < 4.78 is 24.2. The molecular weight excluding hydrogens is 303 g/mol. The number of carbonyl (C=O) groups is 1. The van der Waals surface area contributed by atoms with Gasteiger partial charge in [0.05, 0.1) is 43.7 Å². The van der Waals surface area contributed by atoms with Gasteiger partial charge >= 0.3 is 0 Å². The number of amides is 1. The number of fused-ring (bicyclic) bond motifs is 2. The molecule has 0 radical (unpaired) electrons. The van der Waals surface area contributed by atoms with Crippen LogP contribution in [0.2, 0.25) is 0 Å². The van der Waals surface area contributed by atoms with Crippen LogP contribution in [0.25, 0.3) is 0 Å². The third-order valence-corrected chi connectivity index (χ3v) is 4.69. The summed E-state index contributed by atoms with van der Waals surface area (Å²) in [7, 11) is 0. The molecule has 0 spiro atoms. The summed E-state index contributed by atoms with van der Waals surface area (Å²) in [6.45, 7) is 3.69. The van der Waals surface area contributed by atoms with Gasteiger partial charge in [-0.1, -0.05) is 0 Å². The number of aromatic nitrogens is 2. The second kappa shape index (κ2) is 6.01. The Balaban J connectivity index is 1.45. The molecule has 8 heteroatoms. The van der Waals surface area contributed by atoms with Gasteiger partial charge in [-0.2, -0.15) is 0 Å². The molecule has 7 nitrogen and oxygen atoms in total. The van der Waals surface area contributed by atoms with Crippen molar-refractivity contribution in [3.8, 4) is 0 Å². The Bertz CT molecular complexity index is 579. The molecule has 3 fully saturated rings. The van der Waals surface area contributed by atoms with E-state index in [0.717, 1.165) is 18.8 Å². The molecule has 3 atom stereocenters. The van der Waals surface area contributed by atoms with Crippen molar-refractivity contribution in [3.63, 3.8) is 0 Å². The number of carbonyl (C=O) groups excluding carboxylic acids is 1. The highest BCUT2D eigenvalue weighted by Gasteiger charge is 2.46. The Morgan fingerprint density at radius 2 is 1.96 bits per heavy atom. The Hall–Kier alpha value is -1.80. The summed E-state index contributed by atoms with van der Waals surface area (Å²) in [5, 5.41) is 0. The van der Waals surface area contributed by atoms with Gasteiger partial charge in [0.2, 0.25) is 11.9 Å². The topological polar surface area (TPSA) is 67.8 Å². The molecule has 4 rings (SSSR count). The minimum Gasteiger partial charge on any atom is -0.378 e. The number of hydrogen-bond donors (Lipinski definition) is 0. The van der Waals surface area contributed by atoms with Gasteiger partial charge in [-0.05, 0) is 6.42 Å².